The zero-order chi connectivity index (χ0) is 41.1. The van der Waals surface area contributed by atoms with Crippen LogP contribution in [0.1, 0.15) is 108 Å². The number of benzene rings is 4. The Labute approximate surface area is 347 Å². The molecule has 2 aliphatic rings. The van der Waals surface area contributed by atoms with Crippen LogP contribution in [0.3, 0.4) is 0 Å². The van der Waals surface area contributed by atoms with Crippen molar-refractivity contribution in [1.82, 2.24) is 19.9 Å². The lowest BCUT2D eigenvalue weighted by Gasteiger charge is -2.23. The van der Waals surface area contributed by atoms with E-state index in [-0.39, 0.29) is 29.5 Å². The molecule has 0 radical (unpaired) electrons. The van der Waals surface area contributed by atoms with Gasteiger partial charge >= 0.3 is 0 Å². The van der Waals surface area contributed by atoms with Gasteiger partial charge in [0.05, 0.1) is 34.6 Å². The van der Waals surface area contributed by atoms with Crippen molar-refractivity contribution in [2.24, 2.45) is 0 Å². The van der Waals surface area contributed by atoms with E-state index in [1.807, 2.05) is 51.1 Å². The van der Waals surface area contributed by atoms with Crippen LogP contribution in [0, 0.1) is 27.7 Å². The minimum atomic E-state index is -2.88. The first-order chi connectivity index (χ1) is 27.7. The summed E-state index contributed by atoms with van der Waals surface area (Å²) in [6, 6.07) is 25.3. The molecule has 0 bridgehead atoms. The van der Waals surface area contributed by atoms with Crippen LogP contribution in [0.5, 0.6) is 0 Å². The van der Waals surface area contributed by atoms with Gasteiger partial charge in [0.2, 0.25) is 0 Å². The Bertz CT molecular complexity index is 2500. The largest absolute Gasteiger partial charge is 0.399 e. The molecule has 10 nitrogen and oxygen atoms in total. The maximum atomic E-state index is 11.8. The summed E-state index contributed by atoms with van der Waals surface area (Å²) in [4.78, 5) is 18.7. The van der Waals surface area contributed by atoms with Crippen LogP contribution in [0.15, 0.2) is 72.8 Å². The monoisotopic (exact) mass is 816 g/mol. The van der Waals surface area contributed by atoms with Crippen molar-refractivity contribution in [3.8, 4) is 0 Å². The maximum Gasteiger partial charge on any atom is 0.150 e. The Kier molecular flexibility index (Phi) is 12.4. The number of nitrogens with two attached hydrogens (primary N) is 2. The van der Waals surface area contributed by atoms with E-state index in [1.165, 1.54) is 41.0 Å². The normalized spacial score (nSPS) is 17.0. The van der Waals surface area contributed by atoms with Crippen molar-refractivity contribution in [2.45, 2.75) is 91.1 Å². The molecule has 0 amide bonds. The Hall–Kier alpha value is -4.94. The molecule has 0 aliphatic carbocycles. The van der Waals surface area contributed by atoms with Gasteiger partial charge in [-0.3, -0.25) is 0 Å². The molecular weight excluding hydrogens is 761 g/mol. The molecule has 2 saturated heterocycles. The van der Waals surface area contributed by atoms with E-state index < -0.39 is 9.84 Å². The van der Waals surface area contributed by atoms with Crippen LogP contribution >= 0.6 is 11.8 Å². The number of sulfone groups is 1. The summed E-state index contributed by atoms with van der Waals surface area (Å²) >= 11 is 2.06. The lowest BCUT2D eigenvalue weighted by molar-refractivity contribution is 0.550. The topological polar surface area (TPSA) is 162 Å². The van der Waals surface area contributed by atoms with Crippen molar-refractivity contribution in [1.29, 1.82) is 0 Å². The predicted molar refractivity (Wildman–Crippen MR) is 244 cm³/mol. The molecule has 58 heavy (non-hydrogen) atoms. The van der Waals surface area contributed by atoms with Gasteiger partial charge in [0.25, 0.3) is 0 Å². The van der Waals surface area contributed by atoms with Gasteiger partial charge in [-0.1, -0.05) is 24.3 Å². The molecule has 6 aromatic rings. The van der Waals surface area contributed by atoms with Crippen LogP contribution in [-0.4, -0.2) is 51.4 Å². The molecule has 4 aromatic carbocycles. The molecular formula is C46H56N8O2S2. The zero-order valence-electron chi connectivity index (χ0n) is 34.5. The summed E-state index contributed by atoms with van der Waals surface area (Å²) in [6.07, 6.45) is 3.85. The summed E-state index contributed by atoms with van der Waals surface area (Å²) in [6.45, 7) is 12.2. The van der Waals surface area contributed by atoms with Gasteiger partial charge in [-0.25, -0.2) is 28.4 Å². The standard InChI is InChI=1S/C23H28N4O2S.C23H28N4S/c1-14-10-19(12-20(24)11-14)15(2)25-23-21-13-18(4-5-22(21)26-16(3)27-23)17-6-8-30(28,29)9-7-17;1-14-10-19(12-20(24)11-14)15(2)25-23-21-13-18(17-6-8-28-9-7-17)4-5-22(21)26-16(3)27-23/h4-5,10-13,15,17H,6-9,24H2,1-3H3,(H,25,26,27);4-5,10-13,15,17H,6-9,24H2,1-3H3,(H,25,26,27)/t2*15-/m11/s1. The highest BCUT2D eigenvalue weighted by Crippen LogP contribution is 2.36. The van der Waals surface area contributed by atoms with Crippen LogP contribution in [-0.2, 0) is 9.84 Å². The van der Waals surface area contributed by atoms with Crippen molar-refractivity contribution in [2.75, 3.05) is 45.1 Å². The highest BCUT2D eigenvalue weighted by molar-refractivity contribution is 7.99. The molecule has 2 aliphatic heterocycles. The van der Waals surface area contributed by atoms with Crippen molar-refractivity contribution in [3.63, 3.8) is 0 Å². The molecule has 2 aromatic heterocycles. The van der Waals surface area contributed by atoms with Gasteiger partial charge in [0.15, 0.2) is 0 Å². The molecule has 0 saturated carbocycles. The Balaban J connectivity index is 0.000000177. The highest BCUT2D eigenvalue weighted by Gasteiger charge is 2.25. The molecule has 0 unspecified atom stereocenters. The number of nitrogens with one attached hydrogen (secondary N) is 2. The molecule has 0 spiro atoms. The fourth-order valence-electron chi connectivity index (χ4n) is 8.27. The van der Waals surface area contributed by atoms with Gasteiger partial charge in [-0.2, -0.15) is 11.8 Å². The zero-order valence-corrected chi connectivity index (χ0v) is 36.1. The SMILES string of the molecule is Cc1cc(N)cc([C@@H](C)Nc2nc(C)nc3ccc(C4CCS(=O)(=O)CC4)cc23)c1.Cc1cc(N)cc([C@@H](C)Nc2nc(C)nc3ccc(C4CCSCC4)cc23)c1. The fourth-order valence-corrected chi connectivity index (χ4v) is 10.9. The number of aromatic nitrogens is 4. The second-order valence-electron chi connectivity index (χ2n) is 16.2. The lowest BCUT2D eigenvalue weighted by Crippen LogP contribution is -2.22. The highest BCUT2D eigenvalue weighted by atomic mass is 32.2. The van der Waals surface area contributed by atoms with Crippen LogP contribution in [0.25, 0.3) is 21.8 Å². The fraction of sp³-hybridized carbons (Fsp3) is 0.391. The van der Waals surface area contributed by atoms with Gasteiger partial charge < -0.3 is 22.1 Å². The summed E-state index contributed by atoms with van der Waals surface area (Å²) < 4.78 is 23.6. The Morgan fingerprint density at radius 1 is 0.603 bits per heavy atom. The van der Waals surface area contributed by atoms with E-state index in [9.17, 15) is 8.42 Å². The number of thioether (sulfide) groups is 1. The molecule has 2 atom stereocenters. The van der Waals surface area contributed by atoms with Crippen molar-refractivity contribution < 1.29 is 8.42 Å². The van der Waals surface area contributed by atoms with Crippen LogP contribution in [0.2, 0.25) is 0 Å². The minimum absolute atomic E-state index is 0.0215. The number of anilines is 4. The summed E-state index contributed by atoms with van der Waals surface area (Å²) in [7, 11) is -2.88. The molecule has 304 valence electrons. The van der Waals surface area contributed by atoms with Crippen LogP contribution in [0.4, 0.5) is 23.0 Å². The Morgan fingerprint density at radius 3 is 1.47 bits per heavy atom. The summed E-state index contributed by atoms with van der Waals surface area (Å²) in [5.41, 5.74) is 22.6. The van der Waals surface area contributed by atoms with Crippen molar-refractivity contribution >= 4 is 66.4 Å². The second-order valence-corrected chi connectivity index (χ2v) is 19.7. The first-order valence-electron chi connectivity index (χ1n) is 20.3. The van der Waals surface area contributed by atoms with E-state index in [2.05, 4.69) is 101 Å². The van der Waals surface area contributed by atoms with Crippen LogP contribution < -0.4 is 22.1 Å². The first-order valence-corrected chi connectivity index (χ1v) is 23.3. The average Bonchev–Trinajstić information content (AvgIpc) is 3.17. The lowest BCUT2D eigenvalue weighted by atomic mass is 9.92. The predicted octanol–water partition coefficient (Wildman–Crippen LogP) is 9.91. The quantitative estimate of drug-likeness (QED) is 0.108. The number of hydrogen-bond acceptors (Lipinski definition) is 11. The van der Waals surface area contributed by atoms with E-state index >= 15 is 0 Å². The van der Waals surface area contributed by atoms with Gasteiger partial charge in [0.1, 0.15) is 33.1 Å². The number of rotatable bonds is 8. The Morgan fingerprint density at radius 2 is 1.03 bits per heavy atom. The number of aryl methyl sites for hydroxylation is 4. The van der Waals surface area contributed by atoms with E-state index in [4.69, 9.17) is 16.5 Å². The molecule has 2 fully saturated rings. The third-order valence-electron chi connectivity index (χ3n) is 11.3. The third-order valence-corrected chi connectivity index (χ3v) is 14.1. The number of fused-ring (bicyclic) bond motifs is 2. The minimum Gasteiger partial charge on any atom is -0.399 e. The number of nitrogens with zero attached hydrogens (tertiary/aromatic N) is 4. The smallest absolute Gasteiger partial charge is 0.150 e. The molecule has 8 rings (SSSR count). The second kappa shape index (κ2) is 17.5. The number of hydrogen-bond donors (Lipinski definition) is 4. The summed E-state index contributed by atoms with van der Waals surface area (Å²) in [5.74, 6) is 7.11. The third kappa shape index (κ3) is 10.0. The average molecular weight is 817 g/mol. The van der Waals surface area contributed by atoms with E-state index in [1.54, 1.807) is 0 Å². The van der Waals surface area contributed by atoms with Gasteiger partial charge in [0, 0.05) is 22.1 Å². The summed E-state index contributed by atoms with van der Waals surface area (Å²) in [5, 5.41) is 9.22. The van der Waals surface area contributed by atoms with Crippen molar-refractivity contribution in [3.05, 3.63) is 118 Å². The molecule has 12 heteroatoms. The number of nitrogen functional groups attached to an aromatic ring is 2. The van der Waals surface area contributed by atoms with Gasteiger partial charge in [-0.05, 0) is 172 Å². The van der Waals surface area contributed by atoms with Gasteiger partial charge in [-0.15, -0.1) is 0 Å². The maximum absolute atomic E-state index is 11.8. The van der Waals surface area contributed by atoms with E-state index in [0.717, 1.165) is 67.3 Å². The first kappa shape index (κ1) is 41.2. The van der Waals surface area contributed by atoms with E-state index in [0.29, 0.717) is 24.6 Å². The molecule has 4 heterocycles. The molecule has 6 N–H and O–H groups in total.